The average molecular weight is 380 g/mol. The highest BCUT2D eigenvalue weighted by molar-refractivity contribution is 6.31. The van der Waals surface area contributed by atoms with Crippen molar-refractivity contribution in [3.63, 3.8) is 0 Å². The molecule has 0 radical (unpaired) electrons. The molecule has 1 heterocycles. The van der Waals surface area contributed by atoms with Gasteiger partial charge in [0.05, 0.1) is 5.02 Å². The molecule has 1 fully saturated rings. The average Bonchev–Trinajstić information content (AvgIpc) is 3.03. The third-order valence-corrected chi connectivity index (χ3v) is 4.82. The molecule has 1 aromatic heterocycles. The summed E-state index contributed by atoms with van der Waals surface area (Å²) in [4.78, 5) is 24.6. The van der Waals surface area contributed by atoms with Gasteiger partial charge in [-0.2, -0.15) is 0 Å². The predicted octanol–water partition coefficient (Wildman–Crippen LogP) is 4.16. The largest absolute Gasteiger partial charge is 0.360 e. The summed E-state index contributed by atoms with van der Waals surface area (Å²) in [6, 6.07) is 5.72. The van der Waals surface area contributed by atoms with Gasteiger partial charge in [-0.1, -0.05) is 16.8 Å². The van der Waals surface area contributed by atoms with Gasteiger partial charge in [-0.15, -0.1) is 0 Å². The van der Waals surface area contributed by atoms with Gasteiger partial charge in [-0.05, 0) is 50.8 Å². The van der Waals surface area contributed by atoms with Crippen molar-refractivity contribution >= 4 is 34.9 Å². The monoisotopic (exact) mass is 379 g/mol. The molecule has 8 heteroatoms. The molecular weight excluding hydrogens is 361 g/mol. The maximum atomic E-state index is 13.2. The van der Waals surface area contributed by atoms with E-state index in [1.807, 2.05) is 0 Å². The quantitative estimate of drug-likeness (QED) is 0.835. The highest BCUT2D eigenvalue weighted by Gasteiger charge is 2.30. The maximum absolute atomic E-state index is 13.2. The summed E-state index contributed by atoms with van der Waals surface area (Å²) in [6.45, 7) is 1.75. The third-order valence-electron chi connectivity index (χ3n) is 4.54. The predicted molar refractivity (Wildman–Crippen MR) is 95.4 cm³/mol. The Morgan fingerprint density at radius 2 is 1.73 bits per heavy atom. The molecule has 3 rings (SSSR count). The number of nitrogens with zero attached hydrogens (tertiary/aromatic N) is 1. The van der Waals surface area contributed by atoms with E-state index >= 15 is 0 Å². The van der Waals surface area contributed by atoms with Gasteiger partial charge < -0.3 is 15.2 Å². The second-order valence-corrected chi connectivity index (χ2v) is 6.89. The number of anilines is 2. The van der Waals surface area contributed by atoms with Crippen molar-refractivity contribution < 1.29 is 18.5 Å². The van der Waals surface area contributed by atoms with Crippen LogP contribution in [0.25, 0.3) is 0 Å². The van der Waals surface area contributed by atoms with E-state index in [0.717, 1.165) is 0 Å². The fourth-order valence-electron chi connectivity index (χ4n) is 3.09. The van der Waals surface area contributed by atoms with Crippen molar-refractivity contribution in [2.75, 3.05) is 10.6 Å². The molecule has 138 valence electrons. The minimum absolute atomic E-state index is 0.0359. The van der Waals surface area contributed by atoms with Crippen molar-refractivity contribution in [3.8, 4) is 0 Å². The molecule has 0 aliphatic heterocycles. The summed E-state index contributed by atoms with van der Waals surface area (Å²) in [5, 5.41) is 9.20. The minimum Gasteiger partial charge on any atom is -0.360 e. The van der Waals surface area contributed by atoms with Crippen LogP contribution in [0.2, 0.25) is 5.02 Å². The number of amides is 2. The Morgan fingerprint density at radius 1 is 1.12 bits per heavy atom. The SMILES string of the molecule is Cc1cc(NC(=O)C2CCC(C(=O)Nc3ccc(F)c(Cl)c3)CC2)no1. The Bertz CT molecular complexity index is 816. The third kappa shape index (κ3) is 4.40. The summed E-state index contributed by atoms with van der Waals surface area (Å²) in [5.74, 6) is -0.0877. The van der Waals surface area contributed by atoms with E-state index in [1.54, 1.807) is 13.0 Å². The van der Waals surface area contributed by atoms with Crippen molar-refractivity contribution in [1.82, 2.24) is 5.16 Å². The summed E-state index contributed by atoms with van der Waals surface area (Å²) in [6.07, 6.45) is 2.45. The number of aryl methyl sites for hydroxylation is 1. The first-order valence-electron chi connectivity index (χ1n) is 8.42. The van der Waals surface area contributed by atoms with Crippen LogP contribution in [-0.2, 0) is 9.59 Å². The molecule has 0 atom stereocenters. The lowest BCUT2D eigenvalue weighted by atomic mass is 9.81. The Balaban J connectivity index is 1.50. The maximum Gasteiger partial charge on any atom is 0.228 e. The molecule has 1 aromatic carbocycles. The number of benzene rings is 1. The van der Waals surface area contributed by atoms with Crippen LogP contribution in [0.5, 0.6) is 0 Å². The molecule has 26 heavy (non-hydrogen) atoms. The van der Waals surface area contributed by atoms with Gasteiger partial charge >= 0.3 is 0 Å². The van der Waals surface area contributed by atoms with Crippen molar-refractivity contribution in [2.24, 2.45) is 11.8 Å². The van der Waals surface area contributed by atoms with Gasteiger partial charge in [-0.3, -0.25) is 9.59 Å². The first kappa shape index (κ1) is 18.4. The standard InChI is InChI=1S/C18H19ClFN3O3/c1-10-8-16(23-26-10)22-18(25)12-4-2-11(3-5-12)17(24)21-13-6-7-15(20)14(19)9-13/h6-9,11-12H,2-5H2,1H3,(H,21,24)(H,22,23,25). The Kier molecular flexibility index (Phi) is 5.56. The second kappa shape index (κ2) is 7.86. The van der Waals surface area contributed by atoms with Crippen molar-refractivity contribution in [1.29, 1.82) is 0 Å². The molecule has 2 amide bonds. The van der Waals surface area contributed by atoms with Gasteiger partial charge in [-0.25, -0.2) is 4.39 Å². The molecule has 0 spiro atoms. The summed E-state index contributed by atoms with van der Waals surface area (Å²) in [5.41, 5.74) is 0.461. The van der Waals surface area contributed by atoms with Crippen LogP contribution in [0.1, 0.15) is 31.4 Å². The van der Waals surface area contributed by atoms with Crippen LogP contribution in [-0.4, -0.2) is 17.0 Å². The lowest BCUT2D eigenvalue weighted by Gasteiger charge is -2.26. The summed E-state index contributed by atoms with van der Waals surface area (Å²) < 4.78 is 18.1. The van der Waals surface area contributed by atoms with E-state index in [-0.39, 0.29) is 28.7 Å². The van der Waals surface area contributed by atoms with Crippen LogP contribution >= 0.6 is 11.6 Å². The molecule has 2 aromatic rings. The molecule has 1 saturated carbocycles. The summed E-state index contributed by atoms with van der Waals surface area (Å²) in [7, 11) is 0. The van der Waals surface area contributed by atoms with Crippen molar-refractivity contribution in [3.05, 3.63) is 40.9 Å². The summed E-state index contributed by atoms with van der Waals surface area (Å²) >= 11 is 5.72. The van der Waals surface area contributed by atoms with Gasteiger partial charge in [0, 0.05) is 23.6 Å². The lowest BCUT2D eigenvalue weighted by molar-refractivity contribution is -0.125. The fraction of sp³-hybridized carbons (Fsp3) is 0.389. The fourth-order valence-corrected chi connectivity index (χ4v) is 3.27. The van der Waals surface area contributed by atoms with Crippen LogP contribution in [0.3, 0.4) is 0 Å². The zero-order valence-electron chi connectivity index (χ0n) is 14.2. The highest BCUT2D eigenvalue weighted by atomic mass is 35.5. The Labute approximate surface area is 155 Å². The smallest absolute Gasteiger partial charge is 0.228 e. The number of nitrogens with one attached hydrogen (secondary N) is 2. The molecule has 6 nitrogen and oxygen atoms in total. The van der Waals surface area contributed by atoms with Crippen LogP contribution in [0, 0.1) is 24.6 Å². The van der Waals surface area contributed by atoms with Gasteiger partial charge in [0.15, 0.2) is 5.82 Å². The molecular formula is C18H19ClFN3O3. The normalized spacial score (nSPS) is 19.8. The number of carbonyl (C=O) groups excluding carboxylic acids is 2. The molecule has 0 unspecified atom stereocenters. The number of hydrogen-bond acceptors (Lipinski definition) is 4. The van der Waals surface area contributed by atoms with E-state index in [0.29, 0.717) is 42.9 Å². The van der Waals surface area contributed by atoms with Crippen LogP contribution in [0.4, 0.5) is 15.9 Å². The molecule has 2 N–H and O–H groups in total. The molecule has 0 bridgehead atoms. The first-order chi connectivity index (χ1) is 12.4. The topological polar surface area (TPSA) is 84.2 Å². The lowest BCUT2D eigenvalue weighted by Crippen LogP contribution is -2.32. The zero-order valence-corrected chi connectivity index (χ0v) is 15.0. The number of rotatable bonds is 4. The van der Waals surface area contributed by atoms with E-state index in [9.17, 15) is 14.0 Å². The molecule has 1 aliphatic rings. The van der Waals surface area contributed by atoms with Gasteiger partial charge in [0.2, 0.25) is 11.8 Å². The second-order valence-electron chi connectivity index (χ2n) is 6.48. The van der Waals surface area contributed by atoms with Crippen LogP contribution in [0.15, 0.2) is 28.8 Å². The van der Waals surface area contributed by atoms with Gasteiger partial charge in [0.25, 0.3) is 0 Å². The van der Waals surface area contributed by atoms with E-state index in [2.05, 4.69) is 15.8 Å². The molecule has 1 aliphatic carbocycles. The Morgan fingerprint density at radius 3 is 2.27 bits per heavy atom. The number of aromatic nitrogens is 1. The number of halogens is 2. The number of hydrogen-bond donors (Lipinski definition) is 2. The van der Waals surface area contributed by atoms with Gasteiger partial charge in [0.1, 0.15) is 11.6 Å². The zero-order chi connectivity index (χ0) is 18.7. The molecule has 0 saturated heterocycles. The van der Waals surface area contributed by atoms with E-state index in [1.165, 1.54) is 18.2 Å². The minimum atomic E-state index is -0.529. The first-order valence-corrected chi connectivity index (χ1v) is 8.80. The Hall–Kier alpha value is -2.41. The van der Waals surface area contributed by atoms with Crippen LogP contribution < -0.4 is 10.6 Å². The number of carbonyl (C=O) groups is 2. The van der Waals surface area contributed by atoms with Crippen molar-refractivity contribution in [2.45, 2.75) is 32.6 Å². The van der Waals surface area contributed by atoms with E-state index < -0.39 is 5.82 Å². The van der Waals surface area contributed by atoms with E-state index in [4.69, 9.17) is 16.1 Å². The highest BCUT2D eigenvalue weighted by Crippen LogP contribution is 2.31.